The van der Waals surface area contributed by atoms with Crippen molar-refractivity contribution in [3.8, 4) is 0 Å². The van der Waals surface area contributed by atoms with E-state index in [4.69, 9.17) is 11.6 Å². The Morgan fingerprint density at radius 3 is 2.80 bits per heavy atom. The van der Waals surface area contributed by atoms with Crippen LogP contribution in [0.2, 0.25) is 5.02 Å². The summed E-state index contributed by atoms with van der Waals surface area (Å²) >= 11 is 5.96. The number of nitrogens with one attached hydrogen (secondary N) is 1. The Kier molecular flexibility index (Phi) is 4.58. The summed E-state index contributed by atoms with van der Waals surface area (Å²) in [6.07, 6.45) is 1.82. The van der Waals surface area contributed by atoms with Crippen molar-refractivity contribution in [3.63, 3.8) is 0 Å². The molecule has 0 spiro atoms. The topological polar surface area (TPSA) is 51.2 Å². The molecule has 0 aliphatic heterocycles. The van der Waals surface area contributed by atoms with Gasteiger partial charge in [-0.05, 0) is 36.8 Å². The Labute approximate surface area is 122 Å². The third kappa shape index (κ3) is 3.48. The highest BCUT2D eigenvalue weighted by Gasteiger charge is 2.11. The van der Waals surface area contributed by atoms with Crippen LogP contribution in [0, 0.1) is 6.92 Å². The van der Waals surface area contributed by atoms with E-state index in [1.807, 2.05) is 31.3 Å². The molecule has 0 atom stereocenters. The first-order valence-electron chi connectivity index (χ1n) is 6.13. The minimum Gasteiger partial charge on any atom is -0.465 e. The number of rotatable bonds is 4. The third-order valence-corrected chi connectivity index (χ3v) is 3.15. The molecule has 2 rings (SSSR count). The number of carbonyl (C=O) groups is 1. The monoisotopic (exact) mass is 290 g/mol. The van der Waals surface area contributed by atoms with Crippen LogP contribution in [0.4, 0.5) is 5.69 Å². The molecule has 4 nitrogen and oxygen atoms in total. The number of pyridine rings is 1. The van der Waals surface area contributed by atoms with E-state index in [1.54, 1.807) is 12.1 Å². The highest BCUT2D eigenvalue weighted by Crippen LogP contribution is 2.21. The standard InChI is InChI=1S/C15H15ClN2O2/c1-10-3-4-12(17-8-10)9-18-11-5-6-14(16)13(7-11)15(19)20-2/h3-8,18H,9H2,1-2H3. The van der Waals surface area contributed by atoms with Crippen LogP contribution in [-0.4, -0.2) is 18.1 Å². The molecule has 0 unspecified atom stereocenters. The zero-order chi connectivity index (χ0) is 14.5. The summed E-state index contributed by atoms with van der Waals surface area (Å²) in [5.74, 6) is -0.452. The summed E-state index contributed by atoms with van der Waals surface area (Å²) in [7, 11) is 1.33. The summed E-state index contributed by atoms with van der Waals surface area (Å²) in [5, 5.41) is 3.57. The molecule has 5 heteroatoms. The lowest BCUT2D eigenvalue weighted by Crippen LogP contribution is -2.05. The number of esters is 1. The first-order chi connectivity index (χ1) is 9.60. The molecule has 0 saturated heterocycles. The summed E-state index contributed by atoms with van der Waals surface area (Å²) < 4.78 is 4.68. The largest absolute Gasteiger partial charge is 0.465 e. The second-order valence-corrected chi connectivity index (χ2v) is 4.77. The van der Waals surface area contributed by atoms with Crippen molar-refractivity contribution in [2.75, 3.05) is 12.4 Å². The highest BCUT2D eigenvalue weighted by atomic mass is 35.5. The van der Waals surface area contributed by atoms with Gasteiger partial charge in [-0.3, -0.25) is 4.98 Å². The van der Waals surface area contributed by atoms with Crippen LogP contribution in [-0.2, 0) is 11.3 Å². The van der Waals surface area contributed by atoms with Crippen LogP contribution in [0.5, 0.6) is 0 Å². The van der Waals surface area contributed by atoms with Gasteiger partial charge in [0.05, 0.1) is 29.9 Å². The molecule has 0 saturated carbocycles. The maximum absolute atomic E-state index is 11.6. The lowest BCUT2D eigenvalue weighted by molar-refractivity contribution is 0.0601. The van der Waals surface area contributed by atoms with E-state index in [0.717, 1.165) is 16.9 Å². The van der Waals surface area contributed by atoms with Crippen molar-refractivity contribution in [1.29, 1.82) is 0 Å². The Hall–Kier alpha value is -2.07. The van der Waals surface area contributed by atoms with Crippen molar-refractivity contribution in [1.82, 2.24) is 4.98 Å². The van der Waals surface area contributed by atoms with Crippen molar-refractivity contribution >= 4 is 23.3 Å². The fourth-order valence-corrected chi connectivity index (χ4v) is 1.89. The first-order valence-corrected chi connectivity index (χ1v) is 6.51. The summed E-state index contributed by atoms with van der Waals surface area (Å²) in [6.45, 7) is 2.56. The maximum Gasteiger partial charge on any atom is 0.339 e. The molecule has 1 aromatic heterocycles. The smallest absolute Gasteiger partial charge is 0.339 e. The Morgan fingerprint density at radius 2 is 2.15 bits per heavy atom. The predicted octanol–water partition coefficient (Wildman–Crippen LogP) is 3.44. The molecule has 2 aromatic rings. The number of hydrogen-bond acceptors (Lipinski definition) is 4. The Bertz CT molecular complexity index is 612. The Morgan fingerprint density at radius 1 is 1.35 bits per heavy atom. The average Bonchev–Trinajstić information content (AvgIpc) is 2.47. The van der Waals surface area contributed by atoms with Gasteiger partial charge < -0.3 is 10.1 Å². The fourth-order valence-electron chi connectivity index (χ4n) is 1.70. The van der Waals surface area contributed by atoms with Crippen LogP contribution < -0.4 is 5.32 Å². The molecule has 1 aromatic carbocycles. The second-order valence-electron chi connectivity index (χ2n) is 4.37. The molecule has 20 heavy (non-hydrogen) atoms. The summed E-state index contributed by atoms with van der Waals surface area (Å²) in [4.78, 5) is 15.9. The number of aryl methyl sites for hydroxylation is 1. The second kappa shape index (κ2) is 6.39. The van der Waals surface area contributed by atoms with Gasteiger partial charge >= 0.3 is 5.97 Å². The maximum atomic E-state index is 11.6. The molecule has 0 aliphatic carbocycles. The SMILES string of the molecule is COC(=O)c1cc(NCc2ccc(C)cn2)ccc1Cl. The van der Waals surface area contributed by atoms with Gasteiger partial charge in [-0.1, -0.05) is 17.7 Å². The first kappa shape index (κ1) is 14.3. The van der Waals surface area contributed by atoms with E-state index in [1.165, 1.54) is 7.11 Å². The molecule has 1 N–H and O–H groups in total. The fraction of sp³-hybridized carbons (Fsp3) is 0.200. The summed E-state index contributed by atoms with van der Waals surface area (Å²) in [5.41, 5.74) is 3.17. The molecule has 104 valence electrons. The number of hydrogen-bond donors (Lipinski definition) is 1. The summed E-state index contributed by atoms with van der Waals surface area (Å²) in [6, 6.07) is 9.11. The van der Waals surface area contributed by atoms with E-state index in [9.17, 15) is 4.79 Å². The van der Waals surface area contributed by atoms with Crippen LogP contribution in [0.25, 0.3) is 0 Å². The molecule has 0 fully saturated rings. The van der Waals surface area contributed by atoms with Crippen LogP contribution in [0.1, 0.15) is 21.6 Å². The molecule has 0 amide bonds. The number of methoxy groups -OCH3 is 1. The van der Waals surface area contributed by atoms with Gasteiger partial charge in [0.25, 0.3) is 0 Å². The zero-order valence-electron chi connectivity index (χ0n) is 11.3. The number of ether oxygens (including phenoxy) is 1. The number of benzene rings is 1. The van der Waals surface area contributed by atoms with Gasteiger partial charge in [-0.25, -0.2) is 4.79 Å². The molecule has 0 radical (unpaired) electrons. The molecule has 1 heterocycles. The lowest BCUT2D eigenvalue weighted by atomic mass is 10.2. The third-order valence-electron chi connectivity index (χ3n) is 2.82. The van der Waals surface area contributed by atoms with Gasteiger partial charge in [0.1, 0.15) is 0 Å². The lowest BCUT2D eigenvalue weighted by Gasteiger charge is -2.09. The van der Waals surface area contributed by atoms with Crippen molar-refractivity contribution in [2.24, 2.45) is 0 Å². The van der Waals surface area contributed by atoms with Gasteiger partial charge in [0.15, 0.2) is 0 Å². The van der Waals surface area contributed by atoms with Gasteiger partial charge in [-0.2, -0.15) is 0 Å². The molecular formula is C15H15ClN2O2. The number of nitrogens with zero attached hydrogens (tertiary/aromatic N) is 1. The van der Waals surface area contributed by atoms with Crippen molar-refractivity contribution in [3.05, 3.63) is 58.4 Å². The normalized spacial score (nSPS) is 10.2. The van der Waals surface area contributed by atoms with Gasteiger partial charge in [0, 0.05) is 11.9 Å². The Balaban J connectivity index is 2.10. The van der Waals surface area contributed by atoms with Gasteiger partial charge in [0.2, 0.25) is 0 Å². The van der Waals surface area contributed by atoms with Crippen molar-refractivity contribution in [2.45, 2.75) is 13.5 Å². The van der Waals surface area contributed by atoms with E-state index >= 15 is 0 Å². The molecular weight excluding hydrogens is 276 g/mol. The molecule has 0 aliphatic rings. The highest BCUT2D eigenvalue weighted by molar-refractivity contribution is 6.33. The van der Waals surface area contributed by atoms with Crippen LogP contribution in [0.3, 0.4) is 0 Å². The van der Waals surface area contributed by atoms with Crippen LogP contribution in [0.15, 0.2) is 36.5 Å². The van der Waals surface area contributed by atoms with Crippen molar-refractivity contribution < 1.29 is 9.53 Å². The minimum absolute atomic E-state index is 0.344. The average molecular weight is 291 g/mol. The van der Waals surface area contributed by atoms with E-state index in [-0.39, 0.29) is 0 Å². The number of carbonyl (C=O) groups excluding carboxylic acids is 1. The predicted molar refractivity (Wildman–Crippen MR) is 79.1 cm³/mol. The number of aromatic nitrogens is 1. The molecule has 0 bridgehead atoms. The zero-order valence-corrected chi connectivity index (χ0v) is 12.1. The number of anilines is 1. The number of halogens is 1. The minimum atomic E-state index is -0.452. The van der Waals surface area contributed by atoms with Crippen LogP contribution >= 0.6 is 11.6 Å². The quantitative estimate of drug-likeness (QED) is 0.876. The van der Waals surface area contributed by atoms with E-state index < -0.39 is 5.97 Å². The van der Waals surface area contributed by atoms with Gasteiger partial charge in [-0.15, -0.1) is 0 Å². The van der Waals surface area contributed by atoms with E-state index in [2.05, 4.69) is 15.0 Å². The van der Waals surface area contributed by atoms with E-state index in [0.29, 0.717) is 17.1 Å².